The van der Waals surface area contributed by atoms with E-state index in [0.29, 0.717) is 25.3 Å². The second kappa shape index (κ2) is 5.77. The first-order valence-electron chi connectivity index (χ1n) is 8.29. The van der Waals surface area contributed by atoms with Gasteiger partial charge in [-0.2, -0.15) is 0 Å². The van der Waals surface area contributed by atoms with E-state index >= 15 is 0 Å². The summed E-state index contributed by atoms with van der Waals surface area (Å²) in [5.41, 5.74) is 0.673. The highest BCUT2D eigenvalue weighted by molar-refractivity contribution is 7.09. The average Bonchev–Trinajstić information content (AvgIpc) is 2.96. The van der Waals surface area contributed by atoms with Gasteiger partial charge in [0.2, 0.25) is 0 Å². The summed E-state index contributed by atoms with van der Waals surface area (Å²) in [7, 11) is 0. The van der Waals surface area contributed by atoms with Crippen LogP contribution in [-0.4, -0.2) is 39.5 Å². The molecule has 0 aromatic carbocycles. The third-order valence-corrected chi connectivity index (χ3v) is 6.35. The lowest BCUT2D eigenvalue weighted by Crippen LogP contribution is -2.40. The topological polar surface area (TPSA) is 62.5 Å². The van der Waals surface area contributed by atoms with Crippen LogP contribution in [0.2, 0.25) is 0 Å². The quantitative estimate of drug-likeness (QED) is 0.927. The smallest absolute Gasteiger partial charge is 0.307 e. The molecule has 3 heterocycles. The summed E-state index contributed by atoms with van der Waals surface area (Å²) in [6.45, 7) is 2.03. The van der Waals surface area contributed by atoms with Crippen molar-refractivity contribution in [1.29, 1.82) is 0 Å². The van der Waals surface area contributed by atoms with Gasteiger partial charge in [0.05, 0.1) is 12.5 Å². The van der Waals surface area contributed by atoms with Crippen LogP contribution in [-0.2, 0) is 11.3 Å². The molecule has 0 bridgehead atoms. The highest BCUT2D eigenvalue weighted by Crippen LogP contribution is 2.59. The Bertz CT molecular complexity index is 757. The number of nitrogens with zero attached hydrogens (tertiary/aromatic N) is 2. The predicted molar refractivity (Wildman–Crippen MR) is 91.2 cm³/mol. The van der Waals surface area contributed by atoms with E-state index in [4.69, 9.17) is 0 Å². The molecule has 126 valence electrons. The van der Waals surface area contributed by atoms with Crippen LogP contribution in [0, 0.1) is 11.3 Å². The summed E-state index contributed by atoms with van der Waals surface area (Å²) in [6.07, 6.45) is 4.33. The van der Waals surface area contributed by atoms with E-state index in [1.807, 2.05) is 39.2 Å². The highest BCUT2D eigenvalue weighted by atomic mass is 32.1. The Morgan fingerprint density at radius 3 is 2.67 bits per heavy atom. The molecular weight excluding hydrogens is 324 g/mol. The highest BCUT2D eigenvalue weighted by Gasteiger charge is 2.59. The molecule has 1 aliphatic heterocycles. The number of likely N-dealkylation sites (tertiary alicyclic amines) is 1. The van der Waals surface area contributed by atoms with Gasteiger partial charge in [0.25, 0.3) is 5.91 Å². The molecule has 1 spiro atoms. The molecule has 4 rings (SSSR count). The molecule has 5 nitrogen and oxygen atoms in total. The van der Waals surface area contributed by atoms with Gasteiger partial charge < -0.3 is 14.6 Å². The number of carbonyl (C=O) groups excluding carboxylic acids is 1. The average molecular weight is 344 g/mol. The molecular formula is C18H20N2O3S. The molecule has 1 N–H and O–H groups in total. The molecule has 2 aromatic rings. The van der Waals surface area contributed by atoms with Gasteiger partial charge in [0.1, 0.15) is 5.69 Å². The van der Waals surface area contributed by atoms with Crippen molar-refractivity contribution in [3.8, 4) is 0 Å². The van der Waals surface area contributed by atoms with Gasteiger partial charge in [0.15, 0.2) is 0 Å². The third kappa shape index (κ3) is 2.65. The molecule has 0 radical (unpaired) electrons. The summed E-state index contributed by atoms with van der Waals surface area (Å²) in [6, 6.07) is 7.87. The molecule has 24 heavy (non-hydrogen) atoms. The van der Waals surface area contributed by atoms with Crippen molar-refractivity contribution in [3.05, 3.63) is 46.4 Å². The molecule has 1 atom stereocenters. The largest absolute Gasteiger partial charge is 0.481 e. The molecule has 2 fully saturated rings. The van der Waals surface area contributed by atoms with Crippen LogP contribution in [0.4, 0.5) is 0 Å². The number of thiophene rings is 1. The number of aliphatic carboxylic acids is 1. The molecule has 1 unspecified atom stereocenters. The lowest BCUT2D eigenvalue weighted by atomic mass is 9.90. The zero-order valence-corrected chi connectivity index (χ0v) is 14.2. The summed E-state index contributed by atoms with van der Waals surface area (Å²) in [5.74, 6) is -0.823. The SMILES string of the molecule is O=C(O)C1CC12CCN(C(=O)c1cccn1Cc1cccs1)CC2. The maximum atomic E-state index is 12.8. The van der Waals surface area contributed by atoms with Gasteiger partial charge in [-0.05, 0) is 48.3 Å². The number of piperidine rings is 1. The van der Waals surface area contributed by atoms with Crippen molar-refractivity contribution in [2.75, 3.05) is 13.1 Å². The first kappa shape index (κ1) is 15.4. The molecule has 6 heteroatoms. The normalized spacial score (nSPS) is 21.8. The van der Waals surface area contributed by atoms with Crippen molar-refractivity contribution in [2.45, 2.75) is 25.8 Å². The number of rotatable bonds is 4. The lowest BCUT2D eigenvalue weighted by Gasteiger charge is -2.32. The van der Waals surface area contributed by atoms with Crippen LogP contribution in [0.3, 0.4) is 0 Å². The van der Waals surface area contributed by atoms with Crippen LogP contribution in [0.1, 0.15) is 34.6 Å². The molecule has 2 aliphatic rings. The maximum Gasteiger partial charge on any atom is 0.307 e. The van der Waals surface area contributed by atoms with E-state index in [1.165, 1.54) is 4.88 Å². The molecule has 1 aliphatic carbocycles. The number of hydrogen-bond acceptors (Lipinski definition) is 3. The van der Waals surface area contributed by atoms with Crippen molar-refractivity contribution in [1.82, 2.24) is 9.47 Å². The number of aromatic nitrogens is 1. The first-order valence-corrected chi connectivity index (χ1v) is 9.17. The Morgan fingerprint density at radius 1 is 1.25 bits per heavy atom. The van der Waals surface area contributed by atoms with Gasteiger partial charge >= 0.3 is 5.97 Å². The lowest BCUT2D eigenvalue weighted by molar-refractivity contribution is -0.139. The molecule has 1 amide bonds. The Hall–Kier alpha value is -2.08. The van der Waals surface area contributed by atoms with Crippen molar-refractivity contribution >= 4 is 23.2 Å². The van der Waals surface area contributed by atoms with Crippen LogP contribution in [0.15, 0.2) is 35.8 Å². The fourth-order valence-corrected chi connectivity index (χ4v) is 4.59. The minimum Gasteiger partial charge on any atom is -0.481 e. The fourth-order valence-electron chi connectivity index (χ4n) is 3.88. The first-order chi connectivity index (χ1) is 11.6. The van der Waals surface area contributed by atoms with Crippen molar-refractivity contribution in [2.24, 2.45) is 11.3 Å². The second-order valence-corrected chi connectivity index (χ2v) is 7.88. The van der Waals surface area contributed by atoms with Crippen LogP contribution in [0.5, 0.6) is 0 Å². The third-order valence-electron chi connectivity index (χ3n) is 5.49. The standard InChI is InChI=1S/C18H20N2O3S/c21-16(15-4-1-7-20(15)12-13-3-2-10-24-13)19-8-5-18(6-9-19)11-14(18)17(22)23/h1-4,7,10,14H,5-6,8-9,11-12H2,(H,22,23). The van der Waals surface area contributed by atoms with Crippen LogP contribution in [0.25, 0.3) is 0 Å². The van der Waals surface area contributed by atoms with E-state index in [1.54, 1.807) is 11.3 Å². The van der Waals surface area contributed by atoms with E-state index in [9.17, 15) is 14.7 Å². The summed E-state index contributed by atoms with van der Waals surface area (Å²) in [5, 5.41) is 11.2. The Labute approximate surface area is 144 Å². The number of carboxylic acids is 1. The summed E-state index contributed by atoms with van der Waals surface area (Å²) >= 11 is 1.69. The van der Waals surface area contributed by atoms with Crippen LogP contribution < -0.4 is 0 Å². The number of carbonyl (C=O) groups is 2. The van der Waals surface area contributed by atoms with E-state index in [-0.39, 0.29) is 17.2 Å². The van der Waals surface area contributed by atoms with Crippen molar-refractivity contribution in [3.63, 3.8) is 0 Å². The van der Waals surface area contributed by atoms with Gasteiger partial charge in [-0.1, -0.05) is 6.07 Å². The molecule has 1 saturated carbocycles. The van der Waals surface area contributed by atoms with E-state index in [0.717, 1.165) is 19.3 Å². The van der Waals surface area contributed by atoms with Gasteiger partial charge in [-0.3, -0.25) is 9.59 Å². The number of hydrogen-bond donors (Lipinski definition) is 1. The summed E-state index contributed by atoms with van der Waals surface area (Å²) < 4.78 is 2.00. The van der Waals surface area contributed by atoms with Gasteiger partial charge in [-0.25, -0.2) is 0 Å². The van der Waals surface area contributed by atoms with Crippen LogP contribution >= 0.6 is 11.3 Å². The minimum absolute atomic E-state index is 0.0401. The van der Waals surface area contributed by atoms with Crippen molar-refractivity contribution < 1.29 is 14.7 Å². The predicted octanol–water partition coefficient (Wildman–Crippen LogP) is 2.92. The van der Waals surface area contributed by atoms with E-state index in [2.05, 4.69) is 6.07 Å². The number of amides is 1. The molecule has 1 saturated heterocycles. The minimum atomic E-state index is -0.681. The zero-order chi connectivity index (χ0) is 16.7. The van der Waals surface area contributed by atoms with Gasteiger partial charge in [0, 0.05) is 24.2 Å². The van der Waals surface area contributed by atoms with Gasteiger partial charge in [-0.15, -0.1) is 11.3 Å². The summed E-state index contributed by atoms with van der Waals surface area (Å²) in [4.78, 5) is 27.1. The fraction of sp³-hybridized carbons (Fsp3) is 0.444. The second-order valence-electron chi connectivity index (χ2n) is 6.85. The zero-order valence-electron chi connectivity index (χ0n) is 13.4. The number of carboxylic acid groups (broad SMARTS) is 1. The molecule has 2 aromatic heterocycles. The maximum absolute atomic E-state index is 12.8. The Kier molecular flexibility index (Phi) is 3.72. The monoisotopic (exact) mass is 344 g/mol. The Balaban J connectivity index is 1.42. The Morgan fingerprint density at radius 2 is 2.04 bits per heavy atom. The van der Waals surface area contributed by atoms with E-state index < -0.39 is 5.97 Å².